The summed E-state index contributed by atoms with van der Waals surface area (Å²) < 4.78 is 2.96. The Bertz CT molecular complexity index is 871. The number of benzene rings is 1. The maximum atomic E-state index is 11.0. The summed E-state index contributed by atoms with van der Waals surface area (Å²) in [5, 5.41) is 11.0. The van der Waals surface area contributed by atoms with Gasteiger partial charge in [-0.05, 0) is 41.9 Å². The Balaban J connectivity index is 2.19. The summed E-state index contributed by atoms with van der Waals surface area (Å²) in [4.78, 5) is 15.2. The zero-order valence-electron chi connectivity index (χ0n) is 11.5. The molecule has 2 aromatic heterocycles. The standard InChI is InChI=1S/C15H12BrN3O2/c1-9-3-4-11(7-14(9)19(20)21)13-8-18-10(2)12(16)5-6-15(18)17-13/h3-8H,1-2H3. The fourth-order valence-corrected chi connectivity index (χ4v) is 2.59. The number of hydrogen-bond acceptors (Lipinski definition) is 3. The van der Waals surface area contributed by atoms with Crippen LogP contribution in [0.1, 0.15) is 11.3 Å². The molecule has 0 saturated carbocycles. The van der Waals surface area contributed by atoms with Crippen LogP contribution in [0.15, 0.2) is 41.0 Å². The van der Waals surface area contributed by atoms with Gasteiger partial charge in [0.05, 0.1) is 10.6 Å². The molecular formula is C15H12BrN3O2. The first-order chi connectivity index (χ1) is 9.97. The van der Waals surface area contributed by atoms with Crippen molar-refractivity contribution in [2.45, 2.75) is 13.8 Å². The Labute approximate surface area is 129 Å². The van der Waals surface area contributed by atoms with Crippen molar-refractivity contribution in [2.75, 3.05) is 0 Å². The van der Waals surface area contributed by atoms with Crippen LogP contribution in [0.4, 0.5) is 5.69 Å². The third kappa shape index (κ3) is 2.31. The summed E-state index contributed by atoms with van der Waals surface area (Å²) in [6.45, 7) is 3.72. The Kier molecular flexibility index (Phi) is 3.25. The van der Waals surface area contributed by atoms with Gasteiger partial charge in [0.25, 0.3) is 5.69 Å². The SMILES string of the molecule is Cc1ccc(-c2cn3c(C)c(Br)ccc3n2)cc1[N+](=O)[O-]. The highest BCUT2D eigenvalue weighted by atomic mass is 79.9. The molecule has 106 valence electrons. The van der Waals surface area contributed by atoms with Crippen LogP contribution in [0.5, 0.6) is 0 Å². The van der Waals surface area contributed by atoms with Gasteiger partial charge in [0.2, 0.25) is 0 Å². The Hall–Kier alpha value is -2.21. The molecule has 0 spiro atoms. The fourth-order valence-electron chi connectivity index (χ4n) is 2.27. The zero-order chi connectivity index (χ0) is 15.1. The molecule has 0 aliphatic carbocycles. The van der Waals surface area contributed by atoms with Crippen LogP contribution in [-0.4, -0.2) is 14.3 Å². The molecule has 6 heteroatoms. The van der Waals surface area contributed by atoms with E-state index in [9.17, 15) is 10.1 Å². The molecule has 0 saturated heterocycles. The van der Waals surface area contributed by atoms with Gasteiger partial charge < -0.3 is 4.40 Å². The van der Waals surface area contributed by atoms with E-state index in [1.165, 1.54) is 0 Å². The highest BCUT2D eigenvalue weighted by Gasteiger charge is 2.14. The lowest BCUT2D eigenvalue weighted by atomic mass is 10.1. The van der Waals surface area contributed by atoms with Gasteiger partial charge in [0.1, 0.15) is 5.65 Å². The normalized spacial score (nSPS) is 11.0. The van der Waals surface area contributed by atoms with Crippen LogP contribution in [0.25, 0.3) is 16.9 Å². The number of pyridine rings is 1. The van der Waals surface area contributed by atoms with Crippen LogP contribution in [0, 0.1) is 24.0 Å². The summed E-state index contributed by atoms with van der Waals surface area (Å²) in [6, 6.07) is 9.03. The second-order valence-corrected chi connectivity index (χ2v) is 5.73. The summed E-state index contributed by atoms with van der Waals surface area (Å²) in [6.07, 6.45) is 1.89. The molecule has 21 heavy (non-hydrogen) atoms. The number of nitro benzene ring substituents is 1. The third-order valence-corrected chi connectivity index (χ3v) is 4.36. The van der Waals surface area contributed by atoms with Crippen LogP contribution in [0.2, 0.25) is 0 Å². The molecule has 0 aliphatic rings. The minimum absolute atomic E-state index is 0.113. The minimum atomic E-state index is -0.365. The molecule has 0 N–H and O–H groups in total. The third-order valence-electron chi connectivity index (χ3n) is 3.52. The number of imidazole rings is 1. The number of aromatic nitrogens is 2. The molecule has 0 unspecified atom stereocenters. The highest BCUT2D eigenvalue weighted by molar-refractivity contribution is 9.10. The molecule has 5 nitrogen and oxygen atoms in total. The second kappa shape index (κ2) is 4.96. The molecular weight excluding hydrogens is 334 g/mol. The monoisotopic (exact) mass is 345 g/mol. The van der Waals surface area contributed by atoms with E-state index in [2.05, 4.69) is 20.9 Å². The molecule has 0 radical (unpaired) electrons. The summed E-state index contributed by atoms with van der Waals surface area (Å²) in [7, 11) is 0. The average Bonchev–Trinajstić information content (AvgIpc) is 2.88. The van der Waals surface area contributed by atoms with Gasteiger partial charge in [0.15, 0.2) is 0 Å². The lowest BCUT2D eigenvalue weighted by molar-refractivity contribution is -0.385. The topological polar surface area (TPSA) is 60.4 Å². The summed E-state index contributed by atoms with van der Waals surface area (Å²) >= 11 is 3.48. The van der Waals surface area contributed by atoms with E-state index in [0.717, 1.165) is 27.1 Å². The van der Waals surface area contributed by atoms with Crippen molar-refractivity contribution >= 4 is 27.3 Å². The van der Waals surface area contributed by atoms with Gasteiger partial charge in [-0.15, -0.1) is 0 Å². The van der Waals surface area contributed by atoms with Crippen molar-refractivity contribution in [3.63, 3.8) is 0 Å². The van der Waals surface area contributed by atoms with Crippen molar-refractivity contribution in [3.05, 3.63) is 62.4 Å². The lowest BCUT2D eigenvalue weighted by Crippen LogP contribution is -1.92. The first-order valence-electron chi connectivity index (χ1n) is 6.37. The van der Waals surface area contributed by atoms with Gasteiger partial charge in [-0.1, -0.05) is 12.1 Å². The molecule has 0 atom stereocenters. The molecule has 0 aliphatic heterocycles. The van der Waals surface area contributed by atoms with Gasteiger partial charge >= 0.3 is 0 Å². The smallest absolute Gasteiger partial charge is 0.272 e. The largest absolute Gasteiger partial charge is 0.303 e. The van der Waals surface area contributed by atoms with Crippen LogP contribution in [0.3, 0.4) is 0 Å². The number of rotatable bonds is 2. The predicted molar refractivity (Wildman–Crippen MR) is 84.5 cm³/mol. The van der Waals surface area contributed by atoms with Gasteiger partial charge in [-0.25, -0.2) is 4.98 Å². The van der Waals surface area contributed by atoms with E-state index in [4.69, 9.17) is 0 Å². The lowest BCUT2D eigenvalue weighted by Gasteiger charge is -2.01. The average molecular weight is 346 g/mol. The number of halogens is 1. The van der Waals surface area contributed by atoms with E-state index in [1.807, 2.05) is 35.7 Å². The molecule has 1 aromatic carbocycles. The maximum Gasteiger partial charge on any atom is 0.272 e. The first kappa shape index (κ1) is 13.8. The van der Waals surface area contributed by atoms with Crippen molar-refractivity contribution in [3.8, 4) is 11.3 Å². The van der Waals surface area contributed by atoms with Gasteiger partial charge in [0, 0.05) is 33.6 Å². The van der Waals surface area contributed by atoms with Crippen LogP contribution >= 0.6 is 15.9 Å². The number of aryl methyl sites for hydroxylation is 2. The molecule has 0 bridgehead atoms. The van der Waals surface area contributed by atoms with Crippen LogP contribution in [-0.2, 0) is 0 Å². The Morgan fingerprint density at radius 2 is 2.00 bits per heavy atom. The predicted octanol–water partition coefficient (Wildman–Crippen LogP) is 4.29. The molecule has 2 heterocycles. The molecule has 3 aromatic rings. The van der Waals surface area contributed by atoms with Crippen molar-refractivity contribution < 1.29 is 4.92 Å². The number of nitro groups is 1. The van der Waals surface area contributed by atoms with Gasteiger partial charge in [-0.3, -0.25) is 10.1 Å². The highest BCUT2D eigenvalue weighted by Crippen LogP contribution is 2.27. The first-order valence-corrected chi connectivity index (χ1v) is 7.16. The van der Waals surface area contributed by atoms with Crippen LogP contribution < -0.4 is 0 Å². The van der Waals surface area contributed by atoms with E-state index < -0.39 is 0 Å². The van der Waals surface area contributed by atoms with E-state index in [-0.39, 0.29) is 10.6 Å². The van der Waals surface area contributed by atoms with Crippen molar-refractivity contribution in [2.24, 2.45) is 0 Å². The minimum Gasteiger partial charge on any atom is -0.303 e. The maximum absolute atomic E-state index is 11.0. The summed E-state index contributed by atoms with van der Waals surface area (Å²) in [5.74, 6) is 0. The Morgan fingerprint density at radius 1 is 1.24 bits per heavy atom. The van der Waals surface area contributed by atoms with E-state index in [1.54, 1.807) is 19.1 Å². The molecule has 3 rings (SSSR count). The fraction of sp³-hybridized carbons (Fsp3) is 0.133. The number of nitrogens with zero attached hydrogens (tertiary/aromatic N) is 3. The number of hydrogen-bond donors (Lipinski definition) is 0. The van der Waals surface area contributed by atoms with Crippen molar-refractivity contribution in [1.82, 2.24) is 9.38 Å². The van der Waals surface area contributed by atoms with Gasteiger partial charge in [-0.2, -0.15) is 0 Å². The molecule has 0 amide bonds. The molecule has 0 fully saturated rings. The second-order valence-electron chi connectivity index (χ2n) is 4.88. The summed E-state index contributed by atoms with van der Waals surface area (Å²) in [5.41, 5.74) is 4.07. The quantitative estimate of drug-likeness (QED) is 0.514. The Morgan fingerprint density at radius 3 is 2.71 bits per heavy atom. The van der Waals surface area contributed by atoms with Crippen molar-refractivity contribution in [1.29, 1.82) is 0 Å². The van der Waals surface area contributed by atoms with E-state index in [0.29, 0.717) is 5.56 Å². The number of fused-ring (bicyclic) bond motifs is 1. The van der Waals surface area contributed by atoms with E-state index >= 15 is 0 Å². The zero-order valence-corrected chi connectivity index (χ0v) is 13.1.